The summed E-state index contributed by atoms with van der Waals surface area (Å²) in [5.74, 6) is 1.11. The highest BCUT2D eigenvalue weighted by atomic mass is 16.2. The van der Waals surface area contributed by atoms with Crippen molar-refractivity contribution in [2.75, 3.05) is 19.6 Å². The van der Waals surface area contributed by atoms with E-state index >= 15 is 0 Å². The van der Waals surface area contributed by atoms with Crippen LogP contribution in [0.25, 0.3) is 0 Å². The molecule has 1 unspecified atom stereocenters. The van der Waals surface area contributed by atoms with Gasteiger partial charge in [-0.1, -0.05) is 20.3 Å². The first-order valence-corrected chi connectivity index (χ1v) is 6.71. The molecule has 0 aromatic rings. The molecular weight excluding hydrogens is 200 g/mol. The molecule has 1 atom stereocenters. The maximum atomic E-state index is 12.3. The van der Waals surface area contributed by atoms with Crippen LogP contribution in [0.15, 0.2) is 0 Å². The Labute approximate surface area is 99.4 Å². The SMILES string of the molecule is CCCC(CN)C(=O)N(CCC)CC1CC1. The van der Waals surface area contributed by atoms with Gasteiger partial charge in [-0.2, -0.15) is 0 Å². The molecule has 0 saturated heterocycles. The lowest BCUT2D eigenvalue weighted by Gasteiger charge is -2.26. The van der Waals surface area contributed by atoms with E-state index in [1.54, 1.807) is 0 Å². The summed E-state index contributed by atoms with van der Waals surface area (Å²) >= 11 is 0. The fourth-order valence-electron chi connectivity index (χ4n) is 2.12. The van der Waals surface area contributed by atoms with Crippen molar-refractivity contribution >= 4 is 5.91 Å². The van der Waals surface area contributed by atoms with E-state index in [1.165, 1.54) is 12.8 Å². The second-order valence-electron chi connectivity index (χ2n) is 4.95. The van der Waals surface area contributed by atoms with Crippen LogP contribution >= 0.6 is 0 Å². The van der Waals surface area contributed by atoms with E-state index in [9.17, 15) is 4.79 Å². The molecule has 3 heteroatoms. The van der Waals surface area contributed by atoms with Crippen LogP contribution in [0.4, 0.5) is 0 Å². The summed E-state index contributed by atoms with van der Waals surface area (Å²) in [5.41, 5.74) is 5.69. The molecule has 0 aromatic heterocycles. The van der Waals surface area contributed by atoms with Crippen LogP contribution < -0.4 is 5.73 Å². The third-order valence-corrected chi connectivity index (χ3v) is 3.25. The van der Waals surface area contributed by atoms with E-state index in [2.05, 4.69) is 13.8 Å². The van der Waals surface area contributed by atoms with Crippen LogP contribution in [-0.2, 0) is 4.79 Å². The number of nitrogens with zero attached hydrogens (tertiary/aromatic N) is 1. The van der Waals surface area contributed by atoms with Gasteiger partial charge in [-0.05, 0) is 31.6 Å². The van der Waals surface area contributed by atoms with E-state index in [4.69, 9.17) is 5.73 Å². The fourth-order valence-corrected chi connectivity index (χ4v) is 2.12. The Kier molecular flexibility index (Phi) is 5.81. The maximum Gasteiger partial charge on any atom is 0.226 e. The Morgan fingerprint density at radius 1 is 1.38 bits per heavy atom. The van der Waals surface area contributed by atoms with Crippen molar-refractivity contribution in [3.8, 4) is 0 Å². The van der Waals surface area contributed by atoms with Gasteiger partial charge in [0.25, 0.3) is 0 Å². The molecule has 1 aliphatic carbocycles. The molecule has 0 spiro atoms. The molecule has 0 heterocycles. The number of nitrogens with two attached hydrogens (primary N) is 1. The van der Waals surface area contributed by atoms with Crippen molar-refractivity contribution in [2.45, 2.75) is 46.0 Å². The number of carbonyl (C=O) groups excluding carboxylic acids is 1. The summed E-state index contributed by atoms with van der Waals surface area (Å²) in [7, 11) is 0. The van der Waals surface area contributed by atoms with E-state index in [-0.39, 0.29) is 11.8 Å². The minimum Gasteiger partial charge on any atom is -0.342 e. The third-order valence-electron chi connectivity index (χ3n) is 3.25. The van der Waals surface area contributed by atoms with E-state index < -0.39 is 0 Å². The van der Waals surface area contributed by atoms with Gasteiger partial charge in [0.1, 0.15) is 0 Å². The lowest BCUT2D eigenvalue weighted by Crippen LogP contribution is -2.40. The highest BCUT2D eigenvalue weighted by molar-refractivity contribution is 5.79. The highest BCUT2D eigenvalue weighted by Crippen LogP contribution is 2.30. The van der Waals surface area contributed by atoms with Crippen molar-refractivity contribution in [3.05, 3.63) is 0 Å². The second kappa shape index (κ2) is 6.89. The van der Waals surface area contributed by atoms with Crippen LogP contribution in [0.3, 0.4) is 0 Å². The van der Waals surface area contributed by atoms with Gasteiger partial charge in [-0.15, -0.1) is 0 Å². The first-order chi connectivity index (χ1) is 7.72. The summed E-state index contributed by atoms with van der Waals surface area (Å²) in [4.78, 5) is 14.3. The lowest BCUT2D eigenvalue weighted by molar-refractivity contribution is -0.135. The largest absolute Gasteiger partial charge is 0.342 e. The first kappa shape index (κ1) is 13.5. The molecule has 1 amide bonds. The zero-order valence-electron chi connectivity index (χ0n) is 10.7. The molecule has 3 nitrogen and oxygen atoms in total. The molecule has 0 bridgehead atoms. The summed E-state index contributed by atoms with van der Waals surface area (Å²) < 4.78 is 0. The number of rotatable bonds is 8. The summed E-state index contributed by atoms with van der Waals surface area (Å²) in [6, 6.07) is 0. The van der Waals surface area contributed by atoms with Crippen molar-refractivity contribution in [2.24, 2.45) is 17.6 Å². The van der Waals surface area contributed by atoms with Crippen molar-refractivity contribution < 1.29 is 4.79 Å². The van der Waals surface area contributed by atoms with Crippen LogP contribution in [0.2, 0.25) is 0 Å². The molecular formula is C13H26N2O. The highest BCUT2D eigenvalue weighted by Gasteiger charge is 2.28. The zero-order valence-corrected chi connectivity index (χ0v) is 10.7. The lowest BCUT2D eigenvalue weighted by atomic mass is 10.0. The number of hydrogen-bond donors (Lipinski definition) is 1. The Balaban J connectivity index is 2.48. The van der Waals surface area contributed by atoms with Gasteiger partial charge < -0.3 is 10.6 Å². The van der Waals surface area contributed by atoms with Gasteiger partial charge in [-0.25, -0.2) is 0 Å². The van der Waals surface area contributed by atoms with E-state index in [0.717, 1.165) is 38.3 Å². The second-order valence-corrected chi connectivity index (χ2v) is 4.95. The van der Waals surface area contributed by atoms with Gasteiger partial charge >= 0.3 is 0 Å². The van der Waals surface area contributed by atoms with E-state index in [0.29, 0.717) is 6.54 Å². The first-order valence-electron chi connectivity index (χ1n) is 6.71. The molecule has 2 N–H and O–H groups in total. The molecule has 94 valence electrons. The molecule has 1 saturated carbocycles. The van der Waals surface area contributed by atoms with Gasteiger partial charge in [-0.3, -0.25) is 4.79 Å². The topological polar surface area (TPSA) is 46.3 Å². The van der Waals surface area contributed by atoms with Crippen LogP contribution in [0.1, 0.15) is 46.0 Å². The van der Waals surface area contributed by atoms with Gasteiger partial charge in [0.05, 0.1) is 5.92 Å². The zero-order chi connectivity index (χ0) is 12.0. The molecule has 1 fully saturated rings. The van der Waals surface area contributed by atoms with Crippen LogP contribution in [-0.4, -0.2) is 30.4 Å². The molecule has 0 aliphatic heterocycles. The maximum absolute atomic E-state index is 12.3. The average molecular weight is 226 g/mol. The summed E-state index contributed by atoms with van der Waals surface area (Å²) in [5, 5.41) is 0. The molecule has 1 aliphatic rings. The Hall–Kier alpha value is -0.570. The predicted octanol–water partition coefficient (Wildman–Crippen LogP) is 2.01. The molecule has 0 radical (unpaired) electrons. The standard InChI is InChI=1S/C13H26N2O/c1-3-5-12(9-14)13(16)15(8-4-2)10-11-6-7-11/h11-12H,3-10,14H2,1-2H3. The van der Waals surface area contributed by atoms with Crippen molar-refractivity contribution in [1.29, 1.82) is 0 Å². The molecule has 0 aromatic carbocycles. The molecule has 16 heavy (non-hydrogen) atoms. The van der Waals surface area contributed by atoms with Crippen LogP contribution in [0, 0.1) is 11.8 Å². The van der Waals surface area contributed by atoms with E-state index in [1.807, 2.05) is 4.90 Å². The molecule has 1 rings (SSSR count). The minimum absolute atomic E-state index is 0.0512. The Morgan fingerprint density at radius 3 is 2.50 bits per heavy atom. The monoisotopic (exact) mass is 226 g/mol. The van der Waals surface area contributed by atoms with Gasteiger partial charge in [0.2, 0.25) is 5.91 Å². The Morgan fingerprint density at radius 2 is 2.06 bits per heavy atom. The fraction of sp³-hybridized carbons (Fsp3) is 0.923. The Bertz CT molecular complexity index is 214. The normalized spacial score (nSPS) is 17.2. The average Bonchev–Trinajstić information content (AvgIpc) is 3.08. The predicted molar refractivity (Wildman–Crippen MR) is 67.0 cm³/mol. The number of carbonyl (C=O) groups is 1. The van der Waals surface area contributed by atoms with Crippen molar-refractivity contribution in [3.63, 3.8) is 0 Å². The minimum atomic E-state index is 0.0512. The summed E-state index contributed by atoms with van der Waals surface area (Å²) in [6.07, 6.45) is 5.61. The van der Waals surface area contributed by atoms with Crippen molar-refractivity contribution in [1.82, 2.24) is 4.90 Å². The summed E-state index contributed by atoms with van der Waals surface area (Å²) in [6.45, 7) is 6.60. The van der Waals surface area contributed by atoms with Crippen LogP contribution in [0.5, 0.6) is 0 Å². The smallest absolute Gasteiger partial charge is 0.226 e. The number of amides is 1. The van der Waals surface area contributed by atoms with Gasteiger partial charge in [0, 0.05) is 19.6 Å². The third kappa shape index (κ3) is 4.12. The quantitative estimate of drug-likeness (QED) is 0.688. The number of hydrogen-bond acceptors (Lipinski definition) is 2. The van der Waals surface area contributed by atoms with Gasteiger partial charge in [0.15, 0.2) is 0 Å².